The predicted octanol–water partition coefficient (Wildman–Crippen LogP) is 2.08. The molecule has 2 heterocycles. The lowest BCUT2D eigenvalue weighted by molar-refractivity contribution is 0.295. The Hall–Kier alpha value is -1.61. The summed E-state index contributed by atoms with van der Waals surface area (Å²) in [5, 5.41) is 7.71. The molecule has 1 saturated heterocycles. The first-order chi connectivity index (χ1) is 8.31. The van der Waals surface area contributed by atoms with Crippen LogP contribution in [0.15, 0.2) is 36.7 Å². The Balaban J connectivity index is 1.76. The molecule has 1 aliphatic heterocycles. The summed E-state index contributed by atoms with van der Waals surface area (Å²) < 4.78 is 2.06. The van der Waals surface area contributed by atoms with Crippen molar-refractivity contribution >= 4 is 0 Å². The van der Waals surface area contributed by atoms with Crippen LogP contribution in [0, 0.1) is 12.8 Å². The molecule has 1 N–H and O–H groups in total. The van der Waals surface area contributed by atoms with E-state index in [0.717, 1.165) is 25.6 Å². The van der Waals surface area contributed by atoms with Crippen molar-refractivity contribution in [3.05, 3.63) is 42.2 Å². The minimum atomic E-state index is 0.751. The van der Waals surface area contributed by atoms with Crippen LogP contribution in [-0.4, -0.2) is 22.9 Å². The summed E-state index contributed by atoms with van der Waals surface area (Å²) in [7, 11) is 0. The number of benzene rings is 1. The van der Waals surface area contributed by atoms with E-state index < -0.39 is 0 Å². The van der Waals surface area contributed by atoms with Crippen LogP contribution in [0.4, 0.5) is 0 Å². The summed E-state index contributed by atoms with van der Waals surface area (Å²) in [4.78, 5) is 0. The van der Waals surface area contributed by atoms with Gasteiger partial charge in [-0.05, 0) is 12.5 Å². The number of hydrogen-bond donors (Lipinski definition) is 1. The predicted molar refractivity (Wildman–Crippen MR) is 68.8 cm³/mol. The van der Waals surface area contributed by atoms with Crippen molar-refractivity contribution in [2.24, 2.45) is 5.92 Å². The fourth-order valence-corrected chi connectivity index (χ4v) is 2.10. The topological polar surface area (TPSA) is 29.9 Å². The van der Waals surface area contributed by atoms with Crippen LogP contribution in [0.5, 0.6) is 0 Å². The molecule has 1 aromatic heterocycles. The van der Waals surface area contributed by atoms with Crippen LogP contribution in [0.1, 0.15) is 5.56 Å². The molecule has 3 rings (SSSR count). The van der Waals surface area contributed by atoms with Crippen molar-refractivity contribution < 1.29 is 0 Å². The van der Waals surface area contributed by atoms with Gasteiger partial charge in [-0.1, -0.05) is 29.8 Å². The van der Waals surface area contributed by atoms with Crippen molar-refractivity contribution in [1.29, 1.82) is 0 Å². The smallest absolute Gasteiger partial charge is 0.0568 e. The van der Waals surface area contributed by atoms with Gasteiger partial charge >= 0.3 is 0 Å². The minimum absolute atomic E-state index is 0.751. The van der Waals surface area contributed by atoms with Crippen LogP contribution in [0.3, 0.4) is 0 Å². The maximum atomic E-state index is 4.43. The molecule has 0 aliphatic carbocycles. The lowest BCUT2D eigenvalue weighted by Gasteiger charge is -2.26. The number of nitrogens with one attached hydrogen (secondary N) is 1. The van der Waals surface area contributed by atoms with E-state index in [9.17, 15) is 0 Å². The first-order valence-electron chi connectivity index (χ1n) is 6.11. The second-order valence-corrected chi connectivity index (χ2v) is 4.84. The normalized spacial score (nSPS) is 15.8. The van der Waals surface area contributed by atoms with Gasteiger partial charge in [-0.2, -0.15) is 5.10 Å². The summed E-state index contributed by atoms with van der Waals surface area (Å²) in [5.41, 5.74) is 3.74. The molecule has 2 aromatic rings. The quantitative estimate of drug-likeness (QED) is 0.870. The molecule has 0 radical (unpaired) electrons. The fraction of sp³-hybridized carbons (Fsp3) is 0.357. The van der Waals surface area contributed by atoms with Gasteiger partial charge in [0, 0.05) is 37.3 Å². The van der Waals surface area contributed by atoms with Crippen LogP contribution in [-0.2, 0) is 6.54 Å². The lowest BCUT2D eigenvalue weighted by atomic mass is 10.0. The van der Waals surface area contributed by atoms with E-state index in [1.54, 1.807) is 0 Å². The maximum absolute atomic E-state index is 4.43. The van der Waals surface area contributed by atoms with Gasteiger partial charge in [0.25, 0.3) is 0 Å². The monoisotopic (exact) mass is 227 g/mol. The molecule has 0 atom stereocenters. The molecule has 88 valence electrons. The summed E-state index contributed by atoms with van der Waals surface area (Å²) in [6.07, 6.45) is 4.10. The van der Waals surface area contributed by atoms with E-state index in [1.165, 1.54) is 16.7 Å². The van der Waals surface area contributed by atoms with E-state index >= 15 is 0 Å². The van der Waals surface area contributed by atoms with Crippen LogP contribution < -0.4 is 5.32 Å². The number of rotatable bonds is 3. The molecular formula is C14H17N3. The van der Waals surface area contributed by atoms with E-state index in [0.29, 0.717) is 0 Å². The Morgan fingerprint density at radius 1 is 1.24 bits per heavy atom. The van der Waals surface area contributed by atoms with Gasteiger partial charge in [0.15, 0.2) is 0 Å². The maximum Gasteiger partial charge on any atom is 0.0568 e. The highest BCUT2D eigenvalue weighted by atomic mass is 15.3. The number of hydrogen-bond acceptors (Lipinski definition) is 2. The average Bonchev–Trinajstić information content (AvgIpc) is 2.73. The first-order valence-corrected chi connectivity index (χ1v) is 6.11. The highest BCUT2D eigenvalue weighted by molar-refractivity contribution is 5.61. The Morgan fingerprint density at radius 3 is 2.65 bits per heavy atom. The highest BCUT2D eigenvalue weighted by Gasteiger charge is 2.17. The third kappa shape index (κ3) is 2.24. The summed E-state index contributed by atoms with van der Waals surface area (Å²) >= 11 is 0. The standard InChI is InChI=1S/C14H17N3/c1-11-2-4-13(5-3-11)14-8-16-17(10-14)9-12-6-15-7-12/h2-5,8,10,12,15H,6-7,9H2,1H3. The number of nitrogens with zero attached hydrogens (tertiary/aromatic N) is 2. The lowest BCUT2D eigenvalue weighted by Crippen LogP contribution is -2.44. The zero-order chi connectivity index (χ0) is 11.7. The van der Waals surface area contributed by atoms with E-state index in [4.69, 9.17) is 0 Å². The Labute approximate surface area is 101 Å². The SMILES string of the molecule is Cc1ccc(-c2cnn(CC3CNC3)c2)cc1. The Bertz CT molecular complexity index is 494. The Kier molecular flexibility index (Phi) is 2.69. The van der Waals surface area contributed by atoms with Crippen molar-refractivity contribution in [3.63, 3.8) is 0 Å². The molecule has 0 bridgehead atoms. The van der Waals surface area contributed by atoms with Gasteiger partial charge in [0.05, 0.1) is 6.20 Å². The molecule has 0 spiro atoms. The third-order valence-corrected chi connectivity index (χ3v) is 3.33. The second-order valence-electron chi connectivity index (χ2n) is 4.84. The second kappa shape index (κ2) is 4.34. The first kappa shape index (κ1) is 10.5. The molecule has 3 heteroatoms. The zero-order valence-corrected chi connectivity index (χ0v) is 10.1. The van der Waals surface area contributed by atoms with Crippen molar-refractivity contribution in [2.75, 3.05) is 13.1 Å². The van der Waals surface area contributed by atoms with Gasteiger partial charge in [-0.3, -0.25) is 4.68 Å². The van der Waals surface area contributed by atoms with Crippen molar-refractivity contribution in [3.8, 4) is 11.1 Å². The summed E-state index contributed by atoms with van der Waals surface area (Å²) in [5.74, 6) is 0.751. The zero-order valence-electron chi connectivity index (χ0n) is 10.1. The van der Waals surface area contributed by atoms with Crippen LogP contribution in [0.25, 0.3) is 11.1 Å². The molecule has 0 amide bonds. The van der Waals surface area contributed by atoms with Gasteiger partial charge < -0.3 is 5.32 Å². The van der Waals surface area contributed by atoms with Crippen molar-refractivity contribution in [2.45, 2.75) is 13.5 Å². The molecule has 1 fully saturated rings. The van der Waals surface area contributed by atoms with E-state index in [1.807, 2.05) is 6.20 Å². The molecular weight excluding hydrogens is 210 g/mol. The molecule has 1 aliphatic rings. The summed E-state index contributed by atoms with van der Waals surface area (Å²) in [6, 6.07) is 8.59. The third-order valence-electron chi connectivity index (χ3n) is 3.33. The summed E-state index contributed by atoms with van der Waals surface area (Å²) in [6.45, 7) is 5.38. The number of aryl methyl sites for hydroxylation is 1. The molecule has 0 saturated carbocycles. The van der Waals surface area contributed by atoms with Gasteiger partial charge in [-0.15, -0.1) is 0 Å². The van der Waals surface area contributed by atoms with E-state index in [2.05, 4.69) is 52.5 Å². The minimum Gasteiger partial charge on any atom is -0.316 e. The van der Waals surface area contributed by atoms with Crippen LogP contribution >= 0.6 is 0 Å². The van der Waals surface area contributed by atoms with E-state index in [-0.39, 0.29) is 0 Å². The number of aromatic nitrogens is 2. The van der Waals surface area contributed by atoms with Crippen LogP contribution in [0.2, 0.25) is 0 Å². The van der Waals surface area contributed by atoms with Gasteiger partial charge in [0.1, 0.15) is 0 Å². The molecule has 17 heavy (non-hydrogen) atoms. The fourth-order valence-electron chi connectivity index (χ4n) is 2.10. The van der Waals surface area contributed by atoms with Gasteiger partial charge in [0.2, 0.25) is 0 Å². The largest absolute Gasteiger partial charge is 0.316 e. The highest BCUT2D eigenvalue weighted by Crippen LogP contribution is 2.19. The molecule has 1 aromatic carbocycles. The average molecular weight is 227 g/mol. The van der Waals surface area contributed by atoms with Gasteiger partial charge in [-0.25, -0.2) is 0 Å². The molecule has 3 nitrogen and oxygen atoms in total. The Morgan fingerprint density at radius 2 is 2.00 bits per heavy atom. The molecule has 0 unspecified atom stereocenters. The van der Waals surface area contributed by atoms with Crippen molar-refractivity contribution in [1.82, 2.24) is 15.1 Å².